The zero-order valence-electron chi connectivity index (χ0n) is 35.4. The number of hydrogen-bond donors (Lipinski definition) is 1. The van der Waals surface area contributed by atoms with Crippen LogP contribution in [0.5, 0.6) is 0 Å². The quantitative estimate of drug-likeness (QED) is 0.486. The van der Waals surface area contributed by atoms with Crippen LogP contribution in [0.1, 0.15) is 105 Å². The predicted octanol–water partition coefficient (Wildman–Crippen LogP) is 5.83. The van der Waals surface area contributed by atoms with E-state index in [9.17, 15) is 0 Å². The van der Waals surface area contributed by atoms with Crippen LogP contribution in [0.4, 0.5) is 5.69 Å². The summed E-state index contributed by atoms with van der Waals surface area (Å²) in [7, 11) is -1.07. The Morgan fingerprint density at radius 3 is 1.80 bits per heavy atom. The lowest BCUT2D eigenvalue weighted by molar-refractivity contribution is 0.00578. The van der Waals surface area contributed by atoms with Gasteiger partial charge >= 0.3 is 7.12 Å². The summed E-state index contributed by atoms with van der Waals surface area (Å²) in [5.74, 6) is 0. The Morgan fingerprint density at radius 1 is 0.833 bits per heavy atom. The number of rotatable bonds is 2. The Kier molecular flexibility index (Phi) is 2.14. The number of benzene rings is 2. The van der Waals surface area contributed by atoms with Gasteiger partial charge in [0.2, 0.25) is 0 Å². The van der Waals surface area contributed by atoms with Crippen LogP contribution < -0.4 is 11.2 Å². The maximum absolute atomic E-state index is 8.24. The van der Waals surface area contributed by atoms with Crippen molar-refractivity contribution in [3.05, 3.63) is 47.5 Å². The molecular weight excluding hydrogens is 369 g/mol. The zero-order chi connectivity index (χ0) is 37.7. The van der Waals surface area contributed by atoms with Gasteiger partial charge in [-0.25, -0.2) is 0 Å². The van der Waals surface area contributed by atoms with E-state index in [4.69, 9.17) is 39.7 Å². The van der Waals surface area contributed by atoms with Crippen LogP contribution in [-0.2, 0) is 20.1 Å². The van der Waals surface area contributed by atoms with Crippen molar-refractivity contribution in [2.24, 2.45) is 0 Å². The highest BCUT2D eigenvalue weighted by molar-refractivity contribution is 6.64. The molecule has 0 unspecified atom stereocenters. The minimum absolute atomic E-state index is 0.0728. The molecule has 0 atom stereocenters. The summed E-state index contributed by atoms with van der Waals surface area (Å²) in [6.07, 6.45) is 0. The molecule has 1 heterocycles. The fourth-order valence-electron chi connectivity index (χ4n) is 3.23. The van der Waals surface area contributed by atoms with Crippen LogP contribution in [0.2, 0.25) is 0 Å². The van der Waals surface area contributed by atoms with E-state index in [0.717, 1.165) is 12.1 Å². The summed E-state index contributed by atoms with van der Waals surface area (Å²) in [5, 5.41) is 0. The van der Waals surface area contributed by atoms with Gasteiger partial charge in [-0.05, 0) is 55.2 Å². The second kappa shape index (κ2) is 7.14. The number of hydrogen-bond acceptors (Lipinski definition) is 3. The van der Waals surface area contributed by atoms with Gasteiger partial charge in [0, 0.05) is 41.4 Å². The molecule has 0 amide bonds. The third kappa shape index (κ3) is 4.17. The third-order valence-electron chi connectivity index (χ3n) is 5.76. The van der Waals surface area contributed by atoms with Gasteiger partial charge in [-0.15, -0.1) is 0 Å². The molecular formula is C26H38BNO2. The van der Waals surface area contributed by atoms with E-state index in [1.807, 2.05) is 0 Å². The standard InChI is InChI=1S/C26H38BNO2/c1-23(2,3)18-14-17(15-19(16-18)24(4,5)6)20-12-11-13-21(22(20)28)27-29-25(7,8)26(9,10)30-27/h11-16H,28H2,1-10H3/i1D3,2D3,3D3,4D3,5D3,6D3. The maximum atomic E-state index is 8.24. The van der Waals surface area contributed by atoms with Gasteiger partial charge in [-0.1, -0.05) is 77.5 Å². The molecule has 2 aromatic carbocycles. The lowest BCUT2D eigenvalue weighted by Gasteiger charge is -2.32. The van der Waals surface area contributed by atoms with Crippen molar-refractivity contribution >= 4 is 18.3 Å². The van der Waals surface area contributed by atoms with E-state index in [2.05, 4.69) is 0 Å². The normalized spacial score (nSPS) is 30.1. The molecule has 4 heteroatoms. The predicted molar refractivity (Wildman–Crippen MR) is 129 cm³/mol. The Morgan fingerprint density at radius 2 is 1.33 bits per heavy atom. The molecule has 1 aliphatic heterocycles. The summed E-state index contributed by atoms with van der Waals surface area (Å²) < 4.78 is 161. The second-order valence-corrected chi connectivity index (χ2v) is 8.70. The average molecular weight is 426 g/mol. The number of nitrogens with two attached hydrogens (primary N) is 1. The van der Waals surface area contributed by atoms with E-state index >= 15 is 0 Å². The van der Waals surface area contributed by atoms with Crippen LogP contribution in [0.3, 0.4) is 0 Å². The summed E-state index contributed by atoms with van der Waals surface area (Å²) >= 11 is 0. The van der Waals surface area contributed by atoms with Crippen LogP contribution in [0.15, 0.2) is 36.4 Å². The molecule has 0 aromatic heterocycles. The molecule has 30 heavy (non-hydrogen) atoms. The number of anilines is 1. The highest BCUT2D eigenvalue weighted by atomic mass is 16.7. The van der Waals surface area contributed by atoms with E-state index in [1.165, 1.54) is 18.2 Å². The summed E-state index contributed by atoms with van der Waals surface area (Å²) in [6.45, 7) is -16.1. The van der Waals surface area contributed by atoms with E-state index in [0.29, 0.717) is 6.07 Å². The first-order chi connectivity index (χ1) is 21.0. The SMILES string of the molecule is [2H]C([2H])([2H])C(c1cc(-c2cccc(B3OC(C)(C)C(C)(C)O3)c2N)cc(C(C([2H])([2H])[2H])(C([2H])([2H])[2H])C([2H])([2H])[2H])c1)(C([2H])([2H])[2H])C([2H])([2H])[2H]. The van der Waals surface area contributed by atoms with E-state index in [-0.39, 0.29) is 22.3 Å². The average Bonchev–Trinajstić information content (AvgIpc) is 3.00. The molecule has 3 rings (SSSR count). The summed E-state index contributed by atoms with van der Waals surface area (Å²) in [6, 6.07) is 6.47. The lowest BCUT2D eigenvalue weighted by atomic mass is 9.75. The maximum Gasteiger partial charge on any atom is 0.496 e. The third-order valence-corrected chi connectivity index (χ3v) is 5.76. The van der Waals surface area contributed by atoms with Crippen molar-refractivity contribution in [1.29, 1.82) is 0 Å². The fraction of sp³-hybridized carbons (Fsp3) is 0.538. The van der Waals surface area contributed by atoms with Crippen molar-refractivity contribution in [2.45, 2.75) is 90.8 Å². The second-order valence-electron chi connectivity index (χ2n) is 8.70. The first-order valence-corrected chi connectivity index (χ1v) is 9.43. The largest absolute Gasteiger partial charge is 0.496 e. The minimum atomic E-state index is -3.86. The van der Waals surface area contributed by atoms with Gasteiger partial charge in [0.05, 0.1) is 11.2 Å². The fourth-order valence-corrected chi connectivity index (χ4v) is 3.23. The number of para-hydroxylation sites is 1. The molecule has 1 fully saturated rings. The van der Waals surface area contributed by atoms with Gasteiger partial charge in [-0.2, -0.15) is 0 Å². The Labute approximate surface area is 208 Å². The molecule has 0 aliphatic carbocycles. The van der Waals surface area contributed by atoms with Gasteiger partial charge < -0.3 is 15.0 Å². The number of nitrogen functional groups attached to an aromatic ring is 1. The van der Waals surface area contributed by atoms with Gasteiger partial charge in [0.1, 0.15) is 0 Å². The van der Waals surface area contributed by atoms with Crippen molar-refractivity contribution in [3.63, 3.8) is 0 Å². The van der Waals surface area contributed by atoms with Crippen LogP contribution in [0, 0.1) is 0 Å². The Bertz CT molecular complexity index is 1370. The van der Waals surface area contributed by atoms with Crippen molar-refractivity contribution in [1.82, 2.24) is 0 Å². The molecule has 0 radical (unpaired) electrons. The molecule has 1 aliphatic rings. The monoisotopic (exact) mass is 425 g/mol. The molecule has 162 valence electrons. The first-order valence-electron chi connectivity index (χ1n) is 18.4. The topological polar surface area (TPSA) is 44.5 Å². The summed E-state index contributed by atoms with van der Waals surface area (Å²) in [4.78, 5) is 0. The zero-order valence-corrected chi connectivity index (χ0v) is 17.4. The molecule has 2 aromatic rings. The highest BCUT2D eigenvalue weighted by Gasteiger charge is 2.52. The summed E-state index contributed by atoms with van der Waals surface area (Å²) in [5.41, 5.74) is -5.04. The van der Waals surface area contributed by atoms with Crippen LogP contribution in [-0.4, -0.2) is 18.3 Å². The minimum Gasteiger partial charge on any atom is -0.399 e. The molecule has 1 saturated heterocycles. The molecule has 0 spiro atoms. The van der Waals surface area contributed by atoms with E-state index < -0.39 is 81.4 Å². The highest BCUT2D eigenvalue weighted by Crippen LogP contribution is 2.39. The first kappa shape index (κ1) is 9.00. The van der Waals surface area contributed by atoms with Gasteiger partial charge in [0.25, 0.3) is 0 Å². The van der Waals surface area contributed by atoms with Crippen molar-refractivity contribution in [3.8, 4) is 11.1 Å². The molecule has 2 N–H and O–H groups in total. The van der Waals surface area contributed by atoms with Gasteiger partial charge in [-0.3, -0.25) is 0 Å². The Balaban J connectivity index is 2.66. The van der Waals surface area contributed by atoms with Crippen molar-refractivity contribution in [2.75, 3.05) is 5.73 Å². The lowest BCUT2D eigenvalue weighted by Crippen LogP contribution is -2.41. The van der Waals surface area contributed by atoms with E-state index in [1.54, 1.807) is 27.7 Å². The van der Waals surface area contributed by atoms with Crippen LogP contribution in [0.25, 0.3) is 11.1 Å². The van der Waals surface area contributed by atoms with Gasteiger partial charge in [0.15, 0.2) is 0 Å². The Hall–Kier alpha value is -1.78. The molecule has 3 nitrogen and oxygen atoms in total. The van der Waals surface area contributed by atoms with Crippen LogP contribution >= 0.6 is 0 Å². The van der Waals surface area contributed by atoms with Crippen molar-refractivity contribution < 1.29 is 34.0 Å². The molecule has 0 saturated carbocycles. The smallest absolute Gasteiger partial charge is 0.399 e. The molecule has 0 bridgehead atoms.